The number of aromatic nitrogens is 1. The van der Waals surface area contributed by atoms with Crippen molar-refractivity contribution in [2.45, 2.75) is 63.5 Å². The van der Waals surface area contributed by atoms with Crippen LogP contribution in [0, 0.1) is 17.8 Å². The number of fused-ring (bicyclic) bond motifs is 2. The highest BCUT2D eigenvalue weighted by atomic mass is 19.4. The van der Waals surface area contributed by atoms with Crippen molar-refractivity contribution in [3.8, 4) is 0 Å². The van der Waals surface area contributed by atoms with Crippen molar-refractivity contribution in [3.63, 3.8) is 0 Å². The first-order chi connectivity index (χ1) is 18.1. The Morgan fingerprint density at radius 2 is 2.03 bits per heavy atom. The van der Waals surface area contributed by atoms with Crippen molar-refractivity contribution in [2.24, 2.45) is 17.8 Å². The number of hydrogen-bond acceptors (Lipinski definition) is 8. The van der Waals surface area contributed by atoms with Crippen LogP contribution in [0.4, 0.5) is 13.2 Å². The summed E-state index contributed by atoms with van der Waals surface area (Å²) in [5.41, 5.74) is 0.792. The minimum absolute atomic E-state index is 0.0823. The molecule has 11 nitrogen and oxygen atoms in total. The topological polar surface area (TPSA) is 143 Å². The number of amides is 3. The monoisotopic (exact) mass is 541 g/mol. The molecule has 3 aliphatic heterocycles. The van der Waals surface area contributed by atoms with Crippen LogP contribution in [-0.2, 0) is 32.1 Å². The number of halogens is 3. The molecule has 0 bridgehead atoms. The lowest BCUT2D eigenvalue weighted by Gasteiger charge is -2.29. The third-order valence-electron chi connectivity index (χ3n) is 8.09. The number of Topliss-reactive ketones (excluding diaryl/α,β-unsaturated/α-hetero) is 1. The summed E-state index contributed by atoms with van der Waals surface area (Å²) in [6, 6.07) is -2.30. The molecule has 208 valence electrons. The fourth-order valence-electron chi connectivity index (χ4n) is 6.23. The maximum Gasteiger partial charge on any atom is 0.522 e. The van der Waals surface area contributed by atoms with E-state index in [1.165, 1.54) is 4.90 Å². The van der Waals surface area contributed by atoms with Gasteiger partial charge in [-0.25, -0.2) is 0 Å². The Bertz CT molecular complexity index is 1110. The molecule has 0 aromatic carbocycles. The van der Waals surface area contributed by atoms with E-state index in [4.69, 9.17) is 4.52 Å². The molecule has 2 saturated heterocycles. The van der Waals surface area contributed by atoms with E-state index in [2.05, 4.69) is 25.8 Å². The Hall–Kier alpha value is -3.00. The molecular weight excluding hydrogens is 511 g/mol. The number of ketones is 1. The Balaban J connectivity index is 1.36. The van der Waals surface area contributed by atoms with Crippen LogP contribution in [0.1, 0.15) is 53.9 Å². The Morgan fingerprint density at radius 1 is 1.21 bits per heavy atom. The van der Waals surface area contributed by atoms with Crippen LogP contribution < -0.4 is 16.0 Å². The van der Waals surface area contributed by atoms with Gasteiger partial charge in [0.2, 0.25) is 11.8 Å². The minimum atomic E-state index is -5.02. The predicted molar refractivity (Wildman–Crippen MR) is 122 cm³/mol. The molecule has 5 atom stereocenters. The van der Waals surface area contributed by atoms with E-state index < -0.39 is 48.6 Å². The summed E-state index contributed by atoms with van der Waals surface area (Å²) >= 11 is 0. The second kappa shape index (κ2) is 10.6. The van der Waals surface area contributed by atoms with Crippen molar-refractivity contribution in [1.29, 1.82) is 0 Å². The number of hydrogen-bond donors (Lipinski definition) is 3. The zero-order valence-electron chi connectivity index (χ0n) is 20.6. The molecule has 1 aromatic heterocycles. The highest BCUT2D eigenvalue weighted by Crippen LogP contribution is 2.43. The molecule has 0 radical (unpaired) electrons. The average Bonchev–Trinajstić information content (AvgIpc) is 3.65. The highest BCUT2D eigenvalue weighted by Gasteiger charge is 2.51. The number of carbonyl (C=O) groups excluding carboxylic acids is 4. The first-order valence-electron chi connectivity index (χ1n) is 12.9. The summed E-state index contributed by atoms with van der Waals surface area (Å²) in [5.74, 6) is -2.49. The summed E-state index contributed by atoms with van der Waals surface area (Å²) in [7, 11) is 0. The standard InChI is InChI=1S/C24H30F3N5O6/c25-24(26,27)37-11-17(33)16(8-12-4-7-29-21(12)34)30-22(35)20-14-3-1-2-13(14)10-32(20)23(36)19-15-9-28-6-5-18(15)38-31-19/h12-14,16,20,28H,1-11H2,(H,29,34)(H,30,35)/t12?,13-,14-,16?,20-/m0/s1. The van der Waals surface area contributed by atoms with Gasteiger partial charge >= 0.3 is 6.36 Å². The van der Waals surface area contributed by atoms with Crippen LogP contribution in [0.15, 0.2) is 4.52 Å². The number of rotatable bonds is 8. The summed E-state index contributed by atoms with van der Waals surface area (Å²) in [6.07, 6.45) is -1.78. The van der Waals surface area contributed by atoms with E-state index >= 15 is 0 Å². The lowest BCUT2D eigenvalue weighted by Crippen LogP contribution is -2.54. The Kier molecular flexibility index (Phi) is 7.45. The number of likely N-dealkylation sites (tertiary alicyclic amines) is 1. The van der Waals surface area contributed by atoms with E-state index in [9.17, 15) is 32.3 Å². The predicted octanol–water partition coefficient (Wildman–Crippen LogP) is 0.678. The molecule has 14 heteroatoms. The van der Waals surface area contributed by atoms with Gasteiger partial charge < -0.3 is 25.4 Å². The van der Waals surface area contributed by atoms with Crippen LogP contribution >= 0.6 is 0 Å². The van der Waals surface area contributed by atoms with Gasteiger partial charge in [0.15, 0.2) is 11.5 Å². The molecule has 3 fully saturated rings. The van der Waals surface area contributed by atoms with Gasteiger partial charge in [-0.05, 0) is 37.5 Å². The molecule has 0 spiro atoms. The maximum atomic E-state index is 13.7. The smallest absolute Gasteiger partial charge is 0.360 e. The van der Waals surface area contributed by atoms with Gasteiger partial charge in [0.25, 0.3) is 5.91 Å². The number of carbonyl (C=O) groups is 4. The number of nitrogens with one attached hydrogen (secondary N) is 3. The van der Waals surface area contributed by atoms with E-state index in [1.807, 2.05) is 0 Å². The van der Waals surface area contributed by atoms with Crippen LogP contribution in [0.2, 0.25) is 0 Å². The molecule has 2 unspecified atom stereocenters. The second-order valence-corrected chi connectivity index (χ2v) is 10.4. The number of nitrogens with zero attached hydrogens (tertiary/aromatic N) is 2. The molecular formula is C24H30F3N5O6. The van der Waals surface area contributed by atoms with Crippen molar-refractivity contribution < 1.29 is 41.6 Å². The van der Waals surface area contributed by atoms with E-state index in [0.717, 1.165) is 12.8 Å². The van der Waals surface area contributed by atoms with Gasteiger partial charge in [0.1, 0.15) is 18.4 Å². The fraction of sp³-hybridized carbons (Fsp3) is 0.708. The Labute approximate surface area is 216 Å². The Morgan fingerprint density at radius 3 is 2.76 bits per heavy atom. The van der Waals surface area contributed by atoms with Crippen LogP contribution in [0.25, 0.3) is 0 Å². The molecule has 38 heavy (non-hydrogen) atoms. The molecule has 3 N–H and O–H groups in total. The average molecular weight is 542 g/mol. The SMILES string of the molecule is O=C1NCCC1CC(NC(=O)[C@@H]1[C@H]2CCC[C@H]2CN1C(=O)c1noc2c1CNCC2)C(=O)COC(F)(F)F. The molecule has 4 heterocycles. The highest BCUT2D eigenvalue weighted by molar-refractivity contribution is 5.99. The van der Waals surface area contributed by atoms with Crippen LogP contribution in [-0.4, -0.2) is 78.2 Å². The minimum Gasteiger partial charge on any atom is -0.360 e. The molecule has 1 aromatic rings. The van der Waals surface area contributed by atoms with Crippen molar-refractivity contribution in [1.82, 2.24) is 26.0 Å². The van der Waals surface area contributed by atoms with Gasteiger partial charge in [-0.3, -0.25) is 23.9 Å². The molecule has 4 aliphatic rings. The van der Waals surface area contributed by atoms with Gasteiger partial charge in [-0.2, -0.15) is 0 Å². The molecule has 3 amide bonds. The van der Waals surface area contributed by atoms with Gasteiger partial charge in [0.05, 0.1) is 6.04 Å². The van der Waals surface area contributed by atoms with E-state index in [-0.39, 0.29) is 29.9 Å². The molecule has 1 saturated carbocycles. The van der Waals surface area contributed by atoms with E-state index in [0.29, 0.717) is 56.8 Å². The number of alkyl halides is 3. The van der Waals surface area contributed by atoms with Crippen molar-refractivity contribution >= 4 is 23.5 Å². The van der Waals surface area contributed by atoms with Crippen molar-refractivity contribution in [3.05, 3.63) is 17.0 Å². The summed E-state index contributed by atoms with van der Waals surface area (Å²) in [4.78, 5) is 53.6. The summed E-state index contributed by atoms with van der Waals surface area (Å²) < 4.78 is 46.9. The fourth-order valence-corrected chi connectivity index (χ4v) is 6.23. The second-order valence-electron chi connectivity index (χ2n) is 10.4. The van der Waals surface area contributed by atoms with Gasteiger partial charge in [0, 0.05) is 44.1 Å². The lowest BCUT2D eigenvalue weighted by atomic mass is 9.92. The van der Waals surface area contributed by atoms with Crippen LogP contribution in [0.5, 0.6) is 0 Å². The summed E-state index contributed by atoms with van der Waals surface area (Å²) in [5, 5.41) is 12.4. The largest absolute Gasteiger partial charge is 0.522 e. The van der Waals surface area contributed by atoms with Crippen molar-refractivity contribution in [2.75, 3.05) is 26.2 Å². The third kappa shape index (κ3) is 5.41. The zero-order valence-corrected chi connectivity index (χ0v) is 20.6. The van der Waals surface area contributed by atoms with Crippen LogP contribution in [0.3, 0.4) is 0 Å². The third-order valence-corrected chi connectivity index (χ3v) is 8.09. The lowest BCUT2D eigenvalue weighted by molar-refractivity contribution is -0.321. The molecule has 5 rings (SSSR count). The summed E-state index contributed by atoms with van der Waals surface area (Å²) in [6.45, 7) is 0.526. The normalized spacial score (nSPS) is 27.6. The first kappa shape index (κ1) is 26.6. The number of ether oxygens (including phenoxy) is 1. The zero-order chi connectivity index (χ0) is 27.0. The quantitative estimate of drug-likeness (QED) is 0.436. The van der Waals surface area contributed by atoms with Gasteiger partial charge in [-0.15, -0.1) is 13.2 Å². The molecule has 1 aliphatic carbocycles. The van der Waals surface area contributed by atoms with E-state index in [1.54, 1.807) is 0 Å². The first-order valence-corrected chi connectivity index (χ1v) is 12.9. The van der Waals surface area contributed by atoms with Gasteiger partial charge in [-0.1, -0.05) is 11.6 Å². The maximum absolute atomic E-state index is 13.7.